The van der Waals surface area contributed by atoms with Crippen LogP contribution in [-0.4, -0.2) is 45.5 Å². The molecule has 9 aromatic rings. The van der Waals surface area contributed by atoms with Crippen molar-refractivity contribution in [3.05, 3.63) is 175 Å². The molecular formula is C52H44N2O6S4. The van der Waals surface area contributed by atoms with Gasteiger partial charge in [-0.05, 0) is 74.9 Å². The fourth-order valence-electron chi connectivity index (χ4n) is 8.61. The highest BCUT2D eigenvalue weighted by Gasteiger charge is 2.32. The van der Waals surface area contributed by atoms with Gasteiger partial charge in [-0.25, -0.2) is 9.59 Å². The molecule has 6 aromatic heterocycles. The molecule has 0 unspecified atom stereocenters. The SMILES string of the molecule is CCOC(=O)c1c2c(C(=O)c3ccccc3)sc(SCc3cccc(CSc4sc(C(=O)c5ccccc5)c5c(C(=O)OCC)c6c(C)cc(C)cn6c45)c3)c2n2cc(C)cc(C)c12. The third-order valence-corrected chi connectivity index (χ3v) is 16.1. The summed E-state index contributed by atoms with van der Waals surface area (Å²) in [4.78, 5) is 57.2. The number of hydrogen-bond acceptors (Lipinski definition) is 10. The smallest absolute Gasteiger partial charge is 0.341 e. The van der Waals surface area contributed by atoms with Crippen molar-refractivity contribution in [2.75, 3.05) is 13.2 Å². The molecule has 0 saturated carbocycles. The van der Waals surface area contributed by atoms with E-state index in [1.165, 1.54) is 22.7 Å². The van der Waals surface area contributed by atoms with Crippen LogP contribution in [0.5, 0.6) is 0 Å². The summed E-state index contributed by atoms with van der Waals surface area (Å²) in [5.74, 6) is 0.0679. The number of esters is 2. The predicted molar refractivity (Wildman–Crippen MR) is 262 cm³/mol. The Morgan fingerprint density at radius 2 is 0.938 bits per heavy atom. The van der Waals surface area contributed by atoms with E-state index in [0.717, 1.165) is 63.9 Å². The van der Waals surface area contributed by atoms with E-state index in [1.807, 2.05) is 101 Å². The van der Waals surface area contributed by atoms with Gasteiger partial charge in [0.1, 0.15) is 0 Å². The first-order chi connectivity index (χ1) is 31.0. The van der Waals surface area contributed by atoms with E-state index < -0.39 is 11.9 Å². The Morgan fingerprint density at radius 1 is 0.531 bits per heavy atom. The van der Waals surface area contributed by atoms with E-state index in [0.29, 0.717) is 54.3 Å². The molecule has 3 aromatic carbocycles. The van der Waals surface area contributed by atoms with Gasteiger partial charge in [-0.2, -0.15) is 0 Å². The van der Waals surface area contributed by atoms with Crippen molar-refractivity contribution in [1.82, 2.24) is 8.80 Å². The van der Waals surface area contributed by atoms with E-state index in [9.17, 15) is 19.2 Å². The summed E-state index contributed by atoms with van der Waals surface area (Å²) in [5, 5.41) is 1.25. The Balaban J connectivity index is 1.09. The molecule has 12 heteroatoms. The molecule has 0 aliphatic rings. The van der Waals surface area contributed by atoms with Crippen molar-refractivity contribution >= 4 is 103 Å². The number of aromatic nitrogens is 2. The molecule has 0 bridgehead atoms. The van der Waals surface area contributed by atoms with Crippen LogP contribution in [0.2, 0.25) is 0 Å². The summed E-state index contributed by atoms with van der Waals surface area (Å²) in [5.41, 5.74) is 11.2. The largest absolute Gasteiger partial charge is 0.462 e. The zero-order valence-electron chi connectivity index (χ0n) is 36.2. The number of carbonyl (C=O) groups is 4. The lowest BCUT2D eigenvalue weighted by molar-refractivity contribution is 0.0521. The zero-order valence-corrected chi connectivity index (χ0v) is 39.5. The van der Waals surface area contributed by atoms with Gasteiger partial charge in [0.05, 0.1) is 64.6 Å². The van der Waals surface area contributed by atoms with Gasteiger partial charge in [0.15, 0.2) is 0 Å². The molecule has 0 aliphatic heterocycles. The maximum atomic E-state index is 14.3. The van der Waals surface area contributed by atoms with Crippen LogP contribution in [0.25, 0.3) is 32.8 Å². The molecule has 0 atom stereocenters. The number of aryl methyl sites for hydroxylation is 4. The second-order valence-electron chi connectivity index (χ2n) is 15.7. The lowest BCUT2D eigenvalue weighted by Crippen LogP contribution is -2.07. The number of thioether (sulfide) groups is 2. The number of ether oxygens (including phenoxy) is 2. The van der Waals surface area contributed by atoms with Gasteiger partial charge in [-0.15, -0.1) is 46.2 Å². The van der Waals surface area contributed by atoms with Gasteiger partial charge in [0.2, 0.25) is 11.6 Å². The Hall–Kier alpha value is -5.92. The van der Waals surface area contributed by atoms with Gasteiger partial charge in [0, 0.05) is 45.8 Å². The molecule has 6 heterocycles. The summed E-state index contributed by atoms with van der Waals surface area (Å²) >= 11 is 6.14. The maximum Gasteiger partial charge on any atom is 0.341 e. The molecular weight excluding hydrogens is 877 g/mol. The van der Waals surface area contributed by atoms with Gasteiger partial charge in [-0.3, -0.25) is 9.59 Å². The van der Waals surface area contributed by atoms with Crippen molar-refractivity contribution in [3.63, 3.8) is 0 Å². The first-order valence-electron chi connectivity index (χ1n) is 21.0. The predicted octanol–water partition coefficient (Wildman–Crippen LogP) is 13.3. The molecule has 0 amide bonds. The van der Waals surface area contributed by atoms with Crippen molar-refractivity contribution in [2.24, 2.45) is 0 Å². The Bertz CT molecular complexity index is 3100. The minimum atomic E-state index is -0.446. The molecule has 0 aliphatic carbocycles. The molecule has 64 heavy (non-hydrogen) atoms. The number of pyridine rings is 2. The fourth-order valence-corrected chi connectivity index (χ4v) is 13.5. The first-order valence-corrected chi connectivity index (χ1v) is 24.6. The topological polar surface area (TPSA) is 95.6 Å². The minimum absolute atomic E-state index is 0.135. The van der Waals surface area contributed by atoms with Crippen LogP contribution >= 0.6 is 46.2 Å². The van der Waals surface area contributed by atoms with Gasteiger partial charge < -0.3 is 18.3 Å². The number of ketones is 2. The van der Waals surface area contributed by atoms with Crippen LogP contribution in [-0.2, 0) is 21.0 Å². The van der Waals surface area contributed by atoms with Crippen LogP contribution in [0.1, 0.15) is 98.4 Å². The molecule has 9 rings (SSSR count). The van der Waals surface area contributed by atoms with Crippen LogP contribution in [0.3, 0.4) is 0 Å². The monoisotopic (exact) mass is 920 g/mol. The van der Waals surface area contributed by atoms with E-state index in [2.05, 4.69) is 45.2 Å². The number of nitrogens with zero attached hydrogens (tertiary/aromatic N) is 2. The third kappa shape index (κ3) is 7.76. The first kappa shape index (κ1) is 43.3. The Kier molecular flexibility index (Phi) is 12.1. The van der Waals surface area contributed by atoms with Crippen molar-refractivity contribution in [2.45, 2.75) is 61.5 Å². The summed E-state index contributed by atoms with van der Waals surface area (Å²) in [6.45, 7) is 12.1. The van der Waals surface area contributed by atoms with Crippen LogP contribution in [0, 0.1) is 27.7 Å². The average molecular weight is 921 g/mol. The number of fused-ring (bicyclic) bond motifs is 6. The highest BCUT2D eigenvalue weighted by Crippen LogP contribution is 2.47. The number of rotatable bonds is 14. The second-order valence-corrected chi connectivity index (χ2v) is 20.2. The maximum absolute atomic E-state index is 14.3. The summed E-state index contributed by atoms with van der Waals surface area (Å²) in [6.07, 6.45) is 4.07. The Morgan fingerprint density at radius 3 is 1.33 bits per heavy atom. The Labute approximate surface area is 387 Å². The molecule has 0 fully saturated rings. The molecule has 0 saturated heterocycles. The number of benzene rings is 3. The van der Waals surface area contributed by atoms with Gasteiger partial charge >= 0.3 is 11.9 Å². The highest BCUT2D eigenvalue weighted by molar-refractivity contribution is 8.01. The minimum Gasteiger partial charge on any atom is -0.462 e. The second kappa shape index (κ2) is 17.9. The number of hydrogen-bond donors (Lipinski definition) is 0. The van der Waals surface area contributed by atoms with Gasteiger partial charge in [0.25, 0.3) is 0 Å². The molecule has 0 spiro atoms. The summed E-state index contributed by atoms with van der Waals surface area (Å²) < 4.78 is 17.3. The normalized spacial score (nSPS) is 11.6. The molecule has 322 valence electrons. The van der Waals surface area contributed by atoms with E-state index in [-0.39, 0.29) is 24.8 Å². The molecule has 0 N–H and O–H groups in total. The number of thiophene rings is 2. The number of carbonyl (C=O) groups excluding carboxylic acids is 4. The lowest BCUT2D eigenvalue weighted by Gasteiger charge is -2.08. The van der Waals surface area contributed by atoms with Crippen LogP contribution in [0.4, 0.5) is 0 Å². The van der Waals surface area contributed by atoms with E-state index in [1.54, 1.807) is 37.4 Å². The van der Waals surface area contributed by atoms with Crippen LogP contribution in [0.15, 0.2) is 118 Å². The lowest BCUT2D eigenvalue weighted by atomic mass is 10.0. The standard InChI is InChI=1S/C52H44N2O6S4/c1-7-59-49(57)39-37-43(53-25-29(3)22-31(5)41(39)53)51(63-47(37)45(55)35-18-11-9-12-19-35)61-27-33-16-15-17-34(24-33)28-62-52-44-38(48(64-52)46(56)36-20-13-10-14-21-36)40(50(58)60-8-2)42-32(6)23-30(4)26-54(42)44/h9-26H,7-8,27-28H2,1-6H3. The van der Waals surface area contributed by atoms with Crippen molar-refractivity contribution in [3.8, 4) is 0 Å². The highest BCUT2D eigenvalue weighted by atomic mass is 32.2. The molecule has 8 nitrogen and oxygen atoms in total. The quantitative estimate of drug-likeness (QED) is 0.0605. The van der Waals surface area contributed by atoms with E-state index in [4.69, 9.17) is 9.47 Å². The summed E-state index contributed by atoms with van der Waals surface area (Å²) in [7, 11) is 0. The van der Waals surface area contributed by atoms with E-state index >= 15 is 0 Å². The van der Waals surface area contributed by atoms with Crippen LogP contribution < -0.4 is 0 Å². The fraction of sp³-hybridized carbons (Fsp3) is 0.192. The third-order valence-electron chi connectivity index (χ3n) is 11.1. The zero-order chi connectivity index (χ0) is 44.8. The van der Waals surface area contributed by atoms with Crippen molar-refractivity contribution < 1.29 is 28.7 Å². The summed E-state index contributed by atoms with van der Waals surface area (Å²) in [6, 6.07) is 31.0. The van der Waals surface area contributed by atoms with Gasteiger partial charge in [-0.1, -0.05) is 97.1 Å². The average Bonchev–Trinajstić information content (AvgIpc) is 4.04. The van der Waals surface area contributed by atoms with Crippen molar-refractivity contribution in [1.29, 1.82) is 0 Å². The molecule has 0 radical (unpaired) electrons.